The van der Waals surface area contributed by atoms with E-state index in [0.717, 1.165) is 5.56 Å². The van der Waals surface area contributed by atoms with Crippen molar-refractivity contribution in [1.82, 2.24) is 0 Å². The molecule has 0 bridgehead atoms. The molecule has 1 aromatic rings. The van der Waals surface area contributed by atoms with Gasteiger partial charge in [-0.05, 0) is 46.6 Å². The van der Waals surface area contributed by atoms with Crippen molar-refractivity contribution in [2.24, 2.45) is 0 Å². The van der Waals surface area contributed by atoms with Crippen LogP contribution in [-0.4, -0.2) is 18.0 Å². The molecule has 0 N–H and O–H groups in total. The Labute approximate surface area is 107 Å². The number of carbonyl (C=O) groups is 1. The zero-order valence-corrected chi connectivity index (χ0v) is 11.0. The first kappa shape index (κ1) is 11.8. The number of halogens is 2. The lowest BCUT2D eigenvalue weighted by Gasteiger charge is -2.02. The summed E-state index contributed by atoms with van der Waals surface area (Å²) in [5, 5.41) is 0.678. The van der Waals surface area contributed by atoms with E-state index in [-0.39, 0.29) is 5.78 Å². The van der Waals surface area contributed by atoms with E-state index in [1.54, 1.807) is 25.1 Å². The summed E-state index contributed by atoms with van der Waals surface area (Å²) in [5.74, 6) is -0.0255. The van der Waals surface area contributed by atoms with Gasteiger partial charge in [-0.1, -0.05) is 23.7 Å². The maximum Gasteiger partial charge on any atom is 0.203 e. The number of epoxide rings is 1. The molecule has 1 fully saturated rings. The molecule has 0 spiro atoms. The SMILES string of the molecule is C[C@@]1(C(=O)/C(Br)=C/c2ccc(Cl)cc2)CO1. The Bertz CT molecular complexity index is 447. The Morgan fingerprint density at radius 3 is 2.56 bits per heavy atom. The second-order valence-electron chi connectivity index (χ2n) is 3.89. The first-order valence-electron chi connectivity index (χ1n) is 4.83. The van der Waals surface area contributed by atoms with Gasteiger partial charge in [0.25, 0.3) is 0 Å². The van der Waals surface area contributed by atoms with Crippen LogP contribution in [0.4, 0.5) is 0 Å². The van der Waals surface area contributed by atoms with E-state index in [1.807, 2.05) is 12.1 Å². The van der Waals surface area contributed by atoms with E-state index >= 15 is 0 Å². The number of hydrogen-bond acceptors (Lipinski definition) is 2. The summed E-state index contributed by atoms with van der Waals surface area (Å²) < 4.78 is 5.62. The number of Topliss-reactive ketones (excluding diaryl/α,β-unsaturated/α-hetero) is 1. The summed E-state index contributed by atoms with van der Waals surface area (Å²) in [7, 11) is 0. The standard InChI is InChI=1S/C12H10BrClO2/c1-12(7-16-12)11(15)10(13)6-8-2-4-9(14)5-3-8/h2-6H,7H2,1H3/b10-6-/t12-/m0/s1. The average Bonchev–Trinajstić information content (AvgIpc) is 3.00. The molecule has 0 amide bonds. The zero-order chi connectivity index (χ0) is 11.8. The molecule has 1 aromatic carbocycles. The molecular weight excluding hydrogens is 291 g/mol. The minimum absolute atomic E-state index is 0.0255. The van der Waals surface area contributed by atoms with Crippen LogP contribution >= 0.6 is 27.5 Å². The van der Waals surface area contributed by atoms with Gasteiger partial charge in [0.15, 0.2) is 5.60 Å². The van der Waals surface area contributed by atoms with Gasteiger partial charge < -0.3 is 4.74 Å². The van der Waals surface area contributed by atoms with Gasteiger partial charge in [0.2, 0.25) is 5.78 Å². The first-order chi connectivity index (χ1) is 7.51. The molecule has 1 atom stereocenters. The number of carbonyl (C=O) groups excluding carboxylic acids is 1. The lowest BCUT2D eigenvalue weighted by molar-refractivity contribution is -0.119. The van der Waals surface area contributed by atoms with E-state index < -0.39 is 5.60 Å². The fourth-order valence-electron chi connectivity index (χ4n) is 1.26. The monoisotopic (exact) mass is 300 g/mol. The summed E-state index contributed by atoms with van der Waals surface area (Å²) >= 11 is 9.05. The number of rotatable bonds is 3. The molecule has 1 heterocycles. The highest BCUT2D eigenvalue weighted by molar-refractivity contribution is 9.12. The van der Waals surface area contributed by atoms with Crippen LogP contribution in [0.1, 0.15) is 12.5 Å². The molecule has 0 aromatic heterocycles. The second kappa shape index (κ2) is 4.32. The maximum atomic E-state index is 11.8. The molecule has 1 saturated heterocycles. The van der Waals surface area contributed by atoms with Gasteiger partial charge in [0.05, 0.1) is 11.1 Å². The van der Waals surface area contributed by atoms with Crippen LogP contribution in [0.5, 0.6) is 0 Å². The molecule has 2 rings (SSSR count). The highest BCUT2D eigenvalue weighted by Gasteiger charge is 2.47. The van der Waals surface area contributed by atoms with Crippen molar-refractivity contribution in [2.45, 2.75) is 12.5 Å². The lowest BCUT2D eigenvalue weighted by Crippen LogP contribution is -2.19. The third kappa shape index (κ3) is 2.54. The minimum Gasteiger partial charge on any atom is -0.361 e. The zero-order valence-electron chi connectivity index (χ0n) is 8.67. The van der Waals surface area contributed by atoms with Crippen LogP contribution in [-0.2, 0) is 9.53 Å². The van der Waals surface area contributed by atoms with Crippen LogP contribution in [0.15, 0.2) is 28.7 Å². The number of ether oxygens (including phenoxy) is 1. The number of ketones is 1. The quantitative estimate of drug-likeness (QED) is 0.632. The Morgan fingerprint density at radius 2 is 2.06 bits per heavy atom. The van der Waals surface area contributed by atoms with Gasteiger partial charge in [-0.2, -0.15) is 0 Å². The summed E-state index contributed by atoms with van der Waals surface area (Å²) in [6, 6.07) is 7.28. The van der Waals surface area contributed by atoms with Gasteiger partial charge in [-0.3, -0.25) is 4.79 Å². The molecule has 0 aliphatic carbocycles. The third-order valence-corrected chi connectivity index (χ3v) is 3.28. The number of benzene rings is 1. The minimum atomic E-state index is -0.623. The van der Waals surface area contributed by atoms with Crippen LogP contribution in [0, 0.1) is 0 Å². The van der Waals surface area contributed by atoms with Crippen LogP contribution < -0.4 is 0 Å². The largest absolute Gasteiger partial charge is 0.361 e. The van der Waals surface area contributed by atoms with E-state index in [9.17, 15) is 4.79 Å². The lowest BCUT2D eigenvalue weighted by atomic mass is 10.1. The molecule has 1 aliphatic heterocycles. The highest BCUT2D eigenvalue weighted by atomic mass is 79.9. The van der Waals surface area contributed by atoms with E-state index in [4.69, 9.17) is 16.3 Å². The fourth-order valence-corrected chi connectivity index (χ4v) is 2.07. The van der Waals surface area contributed by atoms with E-state index in [2.05, 4.69) is 15.9 Å². The number of hydrogen-bond donors (Lipinski definition) is 0. The van der Waals surface area contributed by atoms with Gasteiger partial charge in [-0.25, -0.2) is 0 Å². The normalized spacial score (nSPS) is 24.3. The van der Waals surface area contributed by atoms with Crippen LogP contribution in [0.3, 0.4) is 0 Å². The van der Waals surface area contributed by atoms with E-state index in [1.165, 1.54) is 0 Å². The van der Waals surface area contributed by atoms with Crippen molar-refractivity contribution in [2.75, 3.05) is 6.61 Å². The highest BCUT2D eigenvalue weighted by Crippen LogP contribution is 2.32. The molecule has 2 nitrogen and oxygen atoms in total. The van der Waals surface area contributed by atoms with Crippen molar-refractivity contribution >= 4 is 39.4 Å². The van der Waals surface area contributed by atoms with Crippen LogP contribution in [0.2, 0.25) is 5.02 Å². The first-order valence-corrected chi connectivity index (χ1v) is 6.00. The predicted octanol–water partition coefficient (Wildman–Crippen LogP) is 3.43. The van der Waals surface area contributed by atoms with Crippen LogP contribution in [0.25, 0.3) is 6.08 Å². The summed E-state index contributed by atoms with van der Waals surface area (Å²) in [4.78, 5) is 11.8. The van der Waals surface area contributed by atoms with Crippen molar-refractivity contribution in [3.63, 3.8) is 0 Å². The summed E-state index contributed by atoms with van der Waals surface area (Å²) in [5.41, 5.74) is 0.302. The van der Waals surface area contributed by atoms with Crippen molar-refractivity contribution in [3.8, 4) is 0 Å². The van der Waals surface area contributed by atoms with Crippen molar-refractivity contribution < 1.29 is 9.53 Å². The average molecular weight is 302 g/mol. The Balaban J connectivity index is 2.17. The third-order valence-electron chi connectivity index (χ3n) is 2.44. The van der Waals surface area contributed by atoms with Gasteiger partial charge >= 0.3 is 0 Å². The smallest absolute Gasteiger partial charge is 0.203 e. The molecule has 0 saturated carbocycles. The van der Waals surface area contributed by atoms with Crippen molar-refractivity contribution in [1.29, 1.82) is 0 Å². The maximum absolute atomic E-state index is 11.8. The molecular formula is C12H10BrClO2. The summed E-state index contributed by atoms with van der Waals surface area (Å²) in [6.07, 6.45) is 1.77. The Kier molecular flexibility index (Phi) is 3.19. The van der Waals surface area contributed by atoms with Gasteiger partial charge in [-0.15, -0.1) is 0 Å². The topological polar surface area (TPSA) is 29.6 Å². The fraction of sp³-hybridized carbons (Fsp3) is 0.250. The Morgan fingerprint density at radius 1 is 1.50 bits per heavy atom. The predicted molar refractivity (Wildman–Crippen MR) is 67.7 cm³/mol. The molecule has 1 aliphatic rings. The molecule has 16 heavy (non-hydrogen) atoms. The second-order valence-corrected chi connectivity index (χ2v) is 5.18. The van der Waals surface area contributed by atoms with E-state index in [0.29, 0.717) is 16.1 Å². The van der Waals surface area contributed by atoms with Gasteiger partial charge in [0, 0.05) is 5.02 Å². The molecule has 0 radical (unpaired) electrons. The Hall–Kier alpha value is -0.640. The molecule has 4 heteroatoms. The molecule has 0 unspecified atom stereocenters. The van der Waals surface area contributed by atoms with Gasteiger partial charge in [0.1, 0.15) is 0 Å². The van der Waals surface area contributed by atoms with Crippen molar-refractivity contribution in [3.05, 3.63) is 39.3 Å². The summed E-state index contributed by atoms with van der Waals surface area (Å²) in [6.45, 7) is 2.28. The molecule has 84 valence electrons.